The third-order valence-corrected chi connectivity index (χ3v) is 4.35. The fraction of sp³-hybridized carbons (Fsp3) is 0.182. The van der Waals surface area contributed by atoms with Gasteiger partial charge in [0.1, 0.15) is 11.5 Å². The molecule has 3 aromatic rings. The van der Waals surface area contributed by atoms with E-state index in [2.05, 4.69) is 10.4 Å². The molecule has 0 unspecified atom stereocenters. The molecule has 2 aromatic carbocycles. The van der Waals surface area contributed by atoms with Crippen LogP contribution in [0.5, 0.6) is 11.5 Å². The molecule has 0 aliphatic carbocycles. The zero-order chi connectivity index (χ0) is 19.9. The minimum atomic E-state index is -0.0535. The van der Waals surface area contributed by atoms with Crippen molar-refractivity contribution in [3.63, 3.8) is 0 Å². The zero-order valence-corrected chi connectivity index (χ0v) is 16.6. The molecule has 3 rings (SSSR count). The maximum atomic E-state index is 11.0. The quantitative estimate of drug-likeness (QED) is 0.618. The van der Waals surface area contributed by atoms with Gasteiger partial charge in [-0.25, -0.2) is 0 Å². The summed E-state index contributed by atoms with van der Waals surface area (Å²) in [6.07, 6.45) is 7.56. The van der Waals surface area contributed by atoms with Crippen LogP contribution < -0.4 is 10.1 Å². The monoisotopic (exact) mass is 395 g/mol. The van der Waals surface area contributed by atoms with Crippen molar-refractivity contribution in [2.45, 2.75) is 26.4 Å². The number of para-hydroxylation sites is 1. The fourth-order valence-electron chi connectivity index (χ4n) is 2.70. The number of nitrogens with zero attached hydrogens (tertiary/aromatic N) is 2. The molecule has 28 heavy (non-hydrogen) atoms. The Kier molecular flexibility index (Phi) is 6.50. The third-order valence-electron chi connectivity index (χ3n) is 4.00. The normalized spacial score (nSPS) is 12.1. The summed E-state index contributed by atoms with van der Waals surface area (Å²) in [5, 5.41) is 7.80. The van der Waals surface area contributed by atoms with Crippen molar-refractivity contribution in [1.82, 2.24) is 15.1 Å². The van der Waals surface area contributed by atoms with E-state index in [-0.39, 0.29) is 11.9 Å². The molecule has 144 valence electrons. The summed E-state index contributed by atoms with van der Waals surface area (Å²) in [5.74, 6) is 1.40. The van der Waals surface area contributed by atoms with E-state index in [1.807, 2.05) is 78.5 Å². The SMILES string of the molecule is CC(=O)N[C@@H](C)C=Cc1cnn(Cc2ccc(Oc3ccccc3)cc2Cl)c1. The minimum absolute atomic E-state index is 0.0348. The smallest absolute Gasteiger partial charge is 0.217 e. The Labute approximate surface area is 169 Å². The molecular formula is C22H22ClN3O2. The molecule has 0 saturated heterocycles. The van der Waals surface area contributed by atoms with Crippen molar-refractivity contribution in [2.24, 2.45) is 0 Å². The van der Waals surface area contributed by atoms with Gasteiger partial charge in [0.2, 0.25) is 5.91 Å². The van der Waals surface area contributed by atoms with E-state index in [9.17, 15) is 4.79 Å². The Morgan fingerprint density at radius 3 is 2.75 bits per heavy atom. The van der Waals surface area contributed by atoms with Crippen LogP contribution in [0.3, 0.4) is 0 Å². The number of ether oxygens (including phenoxy) is 1. The number of hydrogen-bond acceptors (Lipinski definition) is 3. The highest BCUT2D eigenvalue weighted by Gasteiger charge is 2.06. The molecular weight excluding hydrogens is 374 g/mol. The van der Waals surface area contributed by atoms with Gasteiger partial charge in [-0.3, -0.25) is 9.48 Å². The van der Waals surface area contributed by atoms with Crippen molar-refractivity contribution < 1.29 is 9.53 Å². The average molecular weight is 396 g/mol. The van der Waals surface area contributed by atoms with E-state index in [0.29, 0.717) is 17.3 Å². The molecule has 5 nitrogen and oxygen atoms in total. The van der Waals surface area contributed by atoms with Crippen molar-refractivity contribution in [1.29, 1.82) is 0 Å². The van der Waals surface area contributed by atoms with E-state index in [0.717, 1.165) is 16.9 Å². The molecule has 1 N–H and O–H groups in total. The zero-order valence-electron chi connectivity index (χ0n) is 15.8. The topological polar surface area (TPSA) is 56.2 Å². The van der Waals surface area contributed by atoms with E-state index in [1.54, 1.807) is 6.20 Å². The van der Waals surface area contributed by atoms with Crippen molar-refractivity contribution in [2.75, 3.05) is 0 Å². The number of nitrogens with one attached hydrogen (secondary N) is 1. The second kappa shape index (κ2) is 9.24. The van der Waals surface area contributed by atoms with Gasteiger partial charge in [0, 0.05) is 29.7 Å². The number of carbonyl (C=O) groups is 1. The molecule has 0 spiro atoms. The van der Waals surface area contributed by atoms with Gasteiger partial charge in [-0.2, -0.15) is 5.10 Å². The van der Waals surface area contributed by atoms with E-state index in [4.69, 9.17) is 16.3 Å². The summed E-state index contributed by atoms with van der Waals surface area (Å²) in [4.78, 5) is 11.0. The first kappa shape index (κ1) is 19.7. The Balaban J connectivity index is 1.63. The molecule has 6 heteroatoms. The Morgan fingerprint density at radius 2 is 2.04 bits per heavy atom. The predicted molar refractivity (Wildman–Crippen MR) is 112 cm³/mol. The van der Waals surface area contributed by atoms with Crippen LogP contribution in [0.25, 0.3) is 6.08 Å². The first-order chi connectivity index (χ1) is 13.5. The maximum Gasteiger partial charge on any atom is 0.217 e. The number of rotatable bonds is 7. The van der Waals surface area contributed by atoms with Crippen LogP contribution in [0, 0.1) is 0 Å². The maximum absolute atomic E-state index is 11.0. The van der Waals surface area contributed by atoms with Crippen LogP contribution >= 0.6 is 11.6 Å². The van der Waals surface area contributed by atoms with Gasteiger partial charge < -0.3 is 10.1 Å². The number of aromatic nitrogens is 2. The number of hydrogen-bond donors (Lipinski definition) is 1. The van der Waals surface area contributed by atoms with Crippen molar-refractivity contribution in [3.8, 4) is 11.5 Å². The van der Waals surface area contributed by atoms with Gasteiger partial charge in [0.25, 0.3) is 0 Å². The number of amides is 1. The van der Waals surface area contributed by atoms with Gasteiger partial charge in [-0.1, -0.05) is 48.0 Å². The molecule has 1 heterocycles. The Morgan fingerprint density at radius 1 is 1.25 bits per heavy atom. The van der Waals surface area contributed by atoms with Crippen molar-refractivity contribution in [3.05, 3.63) is 83.2 Å². The van der Waals surface area contributed by atoms with Gasteiger partial charge >= 0.3 is 0 Å². The average Bonchev–Trinajstić information content (AvgIpc) is 3.10. The molecule has 1 aromatic heterocycles. The predicted octanol–water partition coefficient (Wildman–Crippen LogP) is 4.91. The number of benzene rings is 2. The van der Waals surface area contributed by atoms with Crippen molar-refractivity contribution >= 4 is 23.6 Å². The molecule has 0 aliphatic heterocycles. The fourth-order valence-corrected chi connectivity index (χ4v) is 2.93. The van der Waals surface area contributed by atoms with Crippen LogP contribution in [-0.4, -0.2) is 21.7 Å². The standard InChI is InChI=1S/C22H22ClN3O2/c1-16(25-17(2)27)8-9-18-13-24-26(14-18)15-19-10-11-21(12-22(19)23)28-20-6-4-3-5-7-20/h3-14,16H,15H2,1-2H3,(H,25,27)/t16-/m0/s1. The van der Waals surface area contributed by atoms with Crippen LogP contribution in [0.4, 0.5) is 0 Å². The molecule has 0 aliphatic rings. The summed E-state index contributed by atoms with van der Waals surface area (Å²) in [6, 6.07) is 15.2. The van der Waals surface area contributed by atoms with Gasteiger partial charge in [0.05, 0.1) is 12.7 Å². The first-order valence-corrected chi connectivity index (χ1v) is 9.36. The summed E-state index contributed by atoms with van der Waals surface area (Å²) in [7, 11) is 0. The molecule has 0 fully saturated rings. The molecule has 0 radical (unpaired) electrons. The summed E-state index contributed by atoms with van der Waals surface area (Å²) < 4.78 is 7.63. The second-order valence-electron chi connectivity index (χ2n) is 6.49. The van der Waals surface area contributed by atoms with Gasteiger partial charge in [0.15, 0.2) is 0 Å². The van der Waals surface area contributed by atoms with Gasteiger partial charge in [-0.05, 0) is 36.8 Å². The van der Waals surface area contributed by atoms with Gasteiger partial charge in [-0.15, -0.1) is 0 Å². The highest BCUT2D eigenvalue weighted by molar-refractivity contribution is 6.31. The minimum Gasteiger partial charge on any atom is -0.457 e. The lowest BCUT2D eigenvalue weighted by Gasteiger charge is -2.09. The highest BCUT2D eigenvalue weighted by Crippen LogP contribution is 2.27. The highest BCUT2D eigenvalue weighted by atomic mass is 35.5. The largest absolute Gasteiger partial charge is 0.457 e. The Hall–Kier alpha value is -3.05. The van der Waals surface area contributed by atoms with Crippen LogP contribution in [0.2, 0.25) is 5.02 Å². The molecule has 1 atom stereocenters. The lowest BCUT2D eigenvalue weighted by Crippen LogP contribution is -2.28. The van der Waals surface area contributed by atoms with E-state index < -0.39 is 0 Å². The first-order valence-electron chi connectivity index (χ1n) is 8.98. The molecule has 0 bridgehead atoms. The van der Waals surface area contributed by atoms with E-state index in [1.165, 1.54) is 6.92 Å². The summed E-state index contributed by atoms with van der Waals surface area (Å²) in [5.41, 5.74) is 1.91. The number of carbonyl (C=O) groups excluding carboxylic acids is 1. The van der Waals surface area contributed by atoms with Crippen LogP contribution in [0.15, 0.2) is 67.0 Å². The second-order valence-corrected chi connectivity index (χ2v) is 6.90. The van der Waals surface area contributed by atoms with Crippen LogP contribution in [0.1, 0.15) is 25.0 Å². The Bertz CT molecular complexity index is 967. The number of halogens is 1. The van der Waals surface area contributed by atoms with E-state index >= 15 is 0 Å². The summed E-state index contributed by atoms with van der Waals surface area (Å²) >= 11 is 6.43. The summed E-state index contributed by atoms with van der Waals surface area (Å²) in [6.45, 7) is 3.98. The van der Waals surface area contributed by atoms with Crippen LogP contribution in [-0.2, 0) is 11.3 Å². The molecule has 0 saturated carbocycles. The lowest BCUT2D eigenvalue weighted by atomic mass is 10.2. The third kappa shape index (κ3) is 5.72. The lowest BCUT2D eigenvalue weighted by molar-refractivity contribution is -0.119. The molecule has 1 amide bonds.